The molecule has 1 N–H and O–H groups in total. The quantitative estimate of drug-likeness (QED) is 0.338. The third-order valence-corrected chi connectivity index (χ3v) is 5.10. The van der Waals surface area contributed by atoms with Crippen LogP contribution in [0.2, 0.25) is 0 Å². The SMILES string of the molecule is CCc1ccc2oc(-c3ccc(NC(=O)/C=C/c4cccc(Br)c4)c(F)c3)nc2c1. The van der Waals surface area contributed by atoms with E-state index in [0.29, 0.717) is 17.0 Å². The van der Waals surface area contributed by atoms with Crippen LogP contribution in [0.1, 0.15) is 18.1 Å². The highest BCUT2D eigenvalue weighted by Gasteiger charge is 2.12. The van der Waals surface area contributed by atoms with Gasteiger partial charge in [-0.15, -0.1) is 0 Å². The van der Waals surface area contributed by atoms with Gasteiger partial charge < -0.3 is 9.73 Å². The zero-order chi connectivity index (χ0) is 21.1. The molecule has 30 heavy (non-hydrogen) atoms. The minimum atomic E-state index is -0.562. The molecule has 0 aliphatic carbocycles. The van der Waals surface area contributed by atoms with Crippen molar-refractivity contribution < 1.29 is 13.6 Å². The smallest absolute Gasteiger partial charge is 0.248 e. The molecule has 0 radical (unpaired) electrons. The third kappa shape index (κ3) is 4.49. The van der Waals surface area contributed by atoms with Crippen molar-refractivity contribution in [1.29, 1.82) is 0 Å². The zero-order valence-electron chi connectivity index (χ0n) is 16.2. The van der Waals surface area contributed by atoms with E-state index in [1.54, 1.807) is 12.1 Å². The Morgan fingerprint density at radius 1 is 1.17 bits per heavy atom. The average Bonchev–Trinajstić information content (AvgIpc) is 3.17. The average molecular weight is 465 g/mol. The summed E-state index contributed by atoms with van der Waals surface area (Å²) in [5.74, 6) is -0.645. The highest BCUT2D eigenvalue weighted by molar-refractivity contribution is 9.10. The van der Waals surface area contributed by atoms with E-state index in [4.69, 9.17) is 4.42 Å². The molecule has 4 aromatic rings. The Balaban J connectivity index is 1.51. The number of amides is 1. The second kappa shape index (κ2) is 8.63. The highest BCUT2D eigenvalue weighted by Crippen LogP contribution is 2.28. The lowest BCUT2D eigenvalue weighted by Gasteiger charge is -2.05. The van der Waals surface area contributed by atoms with Crippen LogP contribution in [-0.2, 0) is 11.2 Å². The van der Waals surface area contributed by atoms with E-state index in [-0.39, 0.29) is 5.69 Å². The molecule has 0 saturated heterocycles. The van der Waals surface area contributed by atoms with E-state index < -0.39 is 11.7 Å². The summed E-state index contributed by atoms with van der Waals surface area (Å²) in [6.07, 6.45) is 3.92. The van der Waals surface area contributed by atoms with Crippen molar-refractivity contribution in [3.05, 3.63) is 88.2 Å². The number of hydrogen-bond acceptors (Lipinski definition) is 3. The number of hydrogen-bond donors (Lipinski definition) is 1. The Hall–Kier alpha value is -3.25. The first-order chi connectivity index (χ1) is 14.5. The molecule has 0 saturated carbocycles. The van der Waals surface area contributed by atoms with Gasteiger partial charge in [-0.05, 0) is 66.1 Å². The van der Waals surface area contributed by atoms with Crippen molar-refractivity contribution >= 4 is 44.7 Å². The van der Waals surface area contributed by atoms with Crippen molar-refractivity contribution in [2.24, 2.45) is 0 Å². The Bertz CT molecular complexity index is 1260. The molecule has 0 fully saturated rings. The molecule has 1 heterocycles. The summed E-state index contributed by atoms with van der Waals surface area (Å²) >= 11 is 3.38. The van der Waals surface area contributed by atoms with E-state index in [2.05, 4.69) is 33.2 Å². The number of aromatic nitrogens is 1. The molecular formula is C24H18BrFN2O2. The van der Waals surface area contributed by atoms with Gasteiger partial charge in [0.05, 0.1) is 5.69 Å². The number of oxazole rings is 1. The fourth-order valence-corrected chi connectivity index (χ4v) is 3.44. The molecule has 6 heteroatoms. The standard InChI is InChI=1S/C24H18BrFN2O2/c1-2-15-6-10-22-21(13-15)28-24(30-22)17-8-9-20(19(26)14-17)27-23(29)11-7-16-4-3-5-18(25)12-16/h3-14H,2H2,1H3,(H,27,29)/b11-7+. The molecule has 0 bridgehead atoms. The number of benzene rings is 3. The van der Waals surface area contributed by atoms with Gasteiger partial charge in [-0.25, -0.2) is 9.37 Å². The molecule has 150 valence electrons. The first-order valence-electron chi connectivity index (χ1n) is 9.46. The normalized spacial score (nSPS) is 11.3. The highest BCUT2D eigenvalue weighted by atomic mass is 79.9. The molecule has 0 unspecified atom stereocenters. The lowest BCUT2D eigenvalue weighted by molar-refractivity contribution is -0.111. The van der Waals surface area contributed by atoms with Crippen LogP contribution >= 0.6 is 15.9 Å². The lowest BCUT2D eigenvalue weighted by atomic mass is 10.1. The van der Waals surface area contributed by atoms with Crippen LogP contribution < -0.4 is 5.32 Å². The number of halogens is 2. The van der Waals surface area contributed by atoms with Crippen LogP contribution in [0.3, 0.4) is 0 Å². The number of rotatable bonds is 5. The second-order valence-corrected chi connectivity index (χ2v) is 7.66. The number of carbonyl (C=O) groups excluding carboxylic acids is 1. The van der Waals surface area contributed by atoms with Gasteiger partial charge in [-0.3, -0.25) is 4.79 Å². The van der Waals surface area contributed by atoms with E-state index in [1.165, 1.54) is 18.2 Å². The van der Waals surface area contributed by atoms with Crippen LogP contribution in [0.5, 0.6) is 0 Å². The molecule has 0 atom stereocenters. The van der Waals surface area contributed by atoms with Crippen molar-refractivity contribution in [3.8, 4) is 11.5 Å². The Labute approximate surface area is 181 Å². The van der Waals surface area contributed by atoms with Crippen LogP contribution in [0.15, 0.2) is 75.6 Å². The van der Waals surface area contributed by atoms with Crippen molar-refractivity contribution in [3.63, 3.8) is 0 Å². The summed E-state index contributed by atoms with van der Waals surface area (Å²) in [7, 11) is 0. The fourth-order valence-electron chi connectivity index (χ4n) is 3.02. The maximum atomic E-state index is 14.6. The van der Waals surface area contributed by atoms with Crippen molar-refractivity contribution in [2.75, 3.05) is 5.32 Å². The molecule has 0 spiro atoms. The summed E-state index contributed by atoms with van der Waals surface area (Å²) in [6.45, 7) is 2.07. The molecule has 1 aromatic heterocycles. The summed E-state index contributed by atoms with van der Waals surface area (Å²) < 4.78 is 21.2. The largest absolute Gasteiger partial charge is 0.436 e. The molecule has 4 rings (SSSR count). The monoisotopic (exact) mass is 464 g/mol. The topological polar surface area (TPSA) is 55.1 Å². The van der Waals surface area contributed by atoms with E-state index in [1.807, 2.05) is 42.5 Å². The first-order valence-corrected chi connectivity index (χ1v) is 10.2. The molecule has 1 amide bonds. The van der Waals surface area contributed by atoms with E-state index >= 15 is 0 Å². The zero-order valence-corrected chi connectivity index (χ0v) is 17.7. The lowest BCUT2D eigenvalue weighted by Crippen LogP contribution is -2.09. The minimum Gasteiger partial charge on any atom is -0.436 e. The summed E-state index contributed by atoms with van der Waals surface area (Å²) in [5, 5.41) is 2.55. The Kier molecular flexibility index (Phi) is 5.77. The van der Waals surface area contributed by atoms with Gasteiger partial charge in [-0.1, -0.05) is 41.1 Å². The number of nitrogens with zero attached hydrogens (tertiary/aromatic N) is 1. The Morgan fingerprint density at radius 3 is 2.80 bits per heavy atom. The predicted octanol–water partition coefficient (Wildman–Crippen LogP) is 6.61. The van der Waals surface area contributed by atoms with E-state index in [9.17, 15) is 9.18 Å². The number of nitrogens with one attached hydrogen (secondary N) is 1. The van der Waals surface area contributed by atoms with Gasteiger partial charge in [0.15, 0.2) is 5.58 Å². The molecule has 4 nitrogen and oxygen atoms in total. The Morgan fingerprint density at radius 2 is 2.03 bits per heavy atom. The van der Waals surface area contributed by atoms with Gasteiger partial charge >= 0.3 is 0 Å². The minimum absolute atomic E-state index is 0.0898. The third-order valence-electron chi connectivity index (χ3n) is 4.61. The fraction of sp³-hybridized carbons (Fsp3) is 0.0833. The predicted molar refractivity (Wildman–Crippen MR) is 121 cm³/mol. The maximum Gasteiger partial charge on any atom is 0.248 e. The van der Waals surface area contributed by atoms with Crippen LogP contribution in [-0.4, -0.2) is 10.9 Å². The second-order valence-electron chi connectivity index (χ2n) is 6.75. The maximum absolute atomic E-state index is 14.6. The van der Waals surface area contributed by atoms with E-state index in [0.717, 1.165) is 27.5 Å². The van der Waals surface area contributed by atoms with Crippen LogP contribution in [0.4, 0.5) is 10.1 Å². The summed E-state index contributed by atoms with van der Waals surface area (Å²) in [5.41, 5.74) is 3.99. The molecule has 0 aliphatic heterocycles. The number of fused-ring (bicyclic) bond motifs is 1. The first kappa shape index (κ1) is 20.0. The van der Waals surface area contributed by atoms with Gasteiger partial charge in [0.2, 0.25) is 11.8 Å². The van der Waals surface area contributed by atoms with Gasteiger partial charge in [0, 0.05) is 16.1 Å². The number of aryl methyl sites for hydroxylation is 1. The summed E-state index contributed by atoms with van der Waals surface area (Å²) in [4.78, 5) is 16.6. The number of carbonyl (C=O) groups is 1. The number of anilines is 1. The van der Waals surface area contributed by atoms with Crippen molar-refractivity contribution in [2.45, 2.75) is 13.3 Å². The molecule has 3 aromatic carbocycles. The molecule has 0 aliphatic rings. The van der Waals surface area contributed by atoms with Gasteiger partial charge in [0.1, 0.15) is 11.3 Å². The van der Waals surface area contributed by atoms with Crippen molar-refractivity contribution in [1.82, 2.24) is 4.98 Å². The summed E-state index contributed by atoms with van der Waals surface area (Å²) in [6, 6.07) is 17.8. The van der Waals surface area contributed by atoms with Gasteiger partial charge in [-0.2, -0.15) is 0 Å². The van der Waals surface area contributed by atoms with Crippen LogP contribution in [0.25, 0.3) is 28.6 Å². The molecular weight excluding hydrogens is 447 g/mol. The van der Waals surface area contributed by atoms with Crippen LogP contribution in [0, 0.1) is 5.82 Å². The van der Waals surface area contributed by atoms with Gasteiger partial charge in [0.25, 0.3) is 0 Å².